The van der Waals surface area contributed by atoms with Crippen LogP contribution in [-0.4, -0.2) is 61.9 Å². The van der Waals surface area contributed by atoms with Gasteiger partial charge in [0.15, 0.2) is 0 Å². The van der Waals surface area contributed by atoms with Crippen molar-refractivity contribution in [3.8, 4) is 0 Å². The maximum atomic E-state index is 13.0. The number of likely N-dealkylation sites (N-methyl/N-ethyl adjacent to an activating group) is 1. The highest BCUT2D eigenvalue weighted by molar-refractivity contribution is 7.98. The number of carbonyl (C=O) groups is 2. The van der Waals surface area contributed by atoms with Crippen molar-refractivity contribution in [2.24, 2.45) is 0 Å². The van der Waals surface area contributed by atoms with Crippen LogP contribution in [0.25, 0.3) is 0 Å². The number of benzene rings is 2. The molecule has 32 heavy (non-hydrogen) atoms. The van der Waals surface area contributed by atoms with Crippen LogP contribution in [0.5, 0.6) is 0 Å². The van der Waals surface area contributed by atoms with E-state index in [1.807, 2.05) is 37.4 Å². The molecule has 0 aliphatic carbocycles. The first-order valence-electron chi connectivity index (χ1n) is 10.5. The molecule has 7 nitrogen and oxygen atoms in total. The van der Waals surface area contributed by atoms with Crippen LogP contribution in [0.15, 0.2) is 58.3 Å². The quantitative estimate of drug-likeness (QED) is 0.618. The number of thioether (sulfide) groups is 1. The summed E-state index contributed by atoms with van der Waals surface area (Å²) in [4.78, 5) is 27.6. The van der Waals surface area contributed by atoms with Crippen molar-refractivity contribution in [2.75, 3.05) is 31.7 Å². The third kappa shape index (κ3) is 5.51. The molecule has 1 saturated heterocycles. The molecule has 2 amide bonds. The van der Waals surface area contributed by atoms with Crippen LogP contribution in [0.4, 0.5) is 5.69 Å². The highest BCUT2D eigenvalue weighted by Crippen LogP contribution is 2.26. The summed E-state index contributed by atoms with van der Waals surface area (Å²) in [6, 6.07) is 13.4. The van der Waals surface area contributed by atoms with E-state index in [9.17, 15) is 18.0 Å². The zero-order valence-corrected chi connectivity index (χ0v) is 20.2. The number of para-hydroxylation sites is 1. The Balaban J connectivity index is 1.65. The van der Waals surface area contributed by atoms with Crippen molar-refractivity contribution in [1.29, 1.82) is 0 Å². The van der Waals surface area contributed by atoms with Gasteiger partial charge in [-0.25, -0.2) is 8.42 Å². The topological polar surface area (TPSA) is 86.8 Å². The molecule has 172 valence electrons. The van der Waals surface area contributed by atoms with Crippen LogP contribution in [0.2, 0.25) is 0 Å². The molecule has 3 rings (SSSR count). The summed E-state index contributed by atoms with van der Waals surface area (Å²) < 4.78 is 27.5. The van der Waals surface area contributed by atoms with Crippen molar-refractivity contribution in [3.63, 3.8) is 0 Å². The molecule has 0 aromatic heterocycles. The number of nitrogens with zero attached hydrogens (tertiary/aromatic N) is 2. The summed E-state index contributed by atoms with van der Waals surface area (Å²) in [5.74, 6) is -0.658. The van der Waals surface area contributed by atoms with Crippen LogP contribution >= 0.6 is 11.8 Å². The van der Waals surface area contributed by atoms with Gasteiger partial charge >= 0.3 is 0 Å². The number of nitrogens with one attached hydrogen (secondary N) is 1. The summed E-state index contributed by atoms with van der Waals surface area (Å²) in [7, 11) is -2.05. The molecule has 1 fully saturated rings. The number of hydrogen-bond acceptors (Lipinski definition) is 5. The smallest absolute Gasteiger partial charge is 0.254 e. The minimum atomic E-state index is -3.59. The van der Waals surface area contributed by atoms with E-state index in [-0.39, 0.29) is 29.3 Å². The lowest BCUT2D eigenvalue weighted by Crippen LogP contribution is -2.41. The number of amides is 2. The normalized spacial score (nSPS) is 17.0. The minimum Gasteiger partial charge on any atom is -0.332 e. The average molecular weight is 476 g/mol. The van der Waals surface area contributed by atoms with E-state index in [0.29, 0.717) is 17.8 Å². The predicted octanol–water partition coefficient (Wildman–Crippen LogP) is 3.68. The molecule has 1 N–H and O–H groups in total. The third-order valence-electron chi connectivity index (χ3n) is 5.56. The van der Waals surface area contributed by atoms with Gasteiger partial charge in [-0.15, -0.1) is 11.8 Å². The van der Waals surface area contributed by atoms with E-state index < -0.39 is 10.0 Å². The Hall–Kier alpha value is -2.36. The van der Waals surface area contributed by atoms with E-state index in [4.69, 9.17) is 0 Å². The monoisotopic (exact) mass is 475 g/mol. The Morgan fingerprint density at radius 2 is 1.81 bits per heavy atom. The molecular weight excluding hydrogens is 446 g/mol. The van der Waals surface area contributed by atoms with Gasteiger partial charge in [0.1, 0.15) is 0 Å². The maximum absolute atomic E-state index is 13.0. The van der Waals surface area contributed by atoms with Gasteiger partial charge < -0.3 is 10.2 Å². The van der Waals surface area contributed by atoms with Gasteiger partial charge in [-0.3, -0.25) is 9.59 Å². The van der Waals surface area contributed by atoms with Gasteiger partial charge in [0.2, 0.25) is 15.9 Å². The largest absolute Gasteiger partial charge is 0.332 e. The summed E-state index contributed by atoms with van der Waals surface area (Å²) in [5.41, 5.74) is 1.03. The first-order chi connectivity index (χ1) is 15.2. The zero-order valence-electron chi connectivity index (χ0n) is 18.6. The molecule has 0 spiro atoms. The number of anilines is 1. The molecule has 0 bridgehead atoms. The Morgan fingerprint density at radius 3 is 2.47 bits per heavy atom. The maximum Gasteiger partial charge on any atom is 0.254 e. The second kappa shape index (κ2) is 10.5. The molecule has 1 aliphatic rings. The van der Waals surface area contributed by atoms with Crippen molar-refractivity contribution in [3.05, 3.63) is 54.1 Å². The first-order valence-corrected chi connectivity index (χ1v) is 13.2. The number of hydrogen-bond donors (Lipinski definition) is 1. The van der Waals surface area contributed by atoms with E-state index in [1.54, 1.807) is 7.05 Å². The van der Waals surface area contributed by atoms with Crippen molar-refractivity contribution >= 4 is 39.3 Å². The number of carbonyl (C=O) groups excluding carboxylic acids is 2. The van der Waals surface area contributed by atoms with Crippen molar-refractivity contribution in [1.82, 2.24) is 9.21 Å². The molecule has 9 heteroatoms. The van der Waals surface area contributed by atoms with Crippen molar-refractivity contribution < 1.29 is 18.0 Å². The van der Waals surface area contributed by atoms with Crippen LogP contribution in [0.3, 0.4) is 0 Å². The summed E-state index contributed by atoms with van der Waals surface area (Å²) in [6.07, 6.45) is 4.67. The van der Waals surface area contributed by atoms with Crippen LogP contribution in [-0.2, 0) is 14.8 Å². The fourth-order valence-corrected chi connectivity index (χ4v) is 6.03. The Kier molecular flexibility index (Phi) is 7.97. The standard InChI is InChI=1S/C23H29N3O4S2/c1-17-8-6-7-15-26(17)32(29,30)19-13-11-18(12-14-19)23(28)25(2)16-22(27)24-20-9-4-5-10-21(20)31-3/h4-5,9-14,17H,6-8,15-16H2,1-3H3,(H,24,27). The number of sulfonamides is 1. The predicted molar refractivity (Wildman–Crippen MR) is 127 cm³/mol. The Labute approximate surface area is 194 Å². The van der Waals surface area contributed by atoms with E-state index in [2.05, 4.69) is 5.32 Å². The molecule has 2 aromatic rings. The lowest BCUT2D eigenvalue weighted by Gasteiger charge is -2.32. The summed E-state index contributed by atoms with van der Waals surface area (Å²) in [5, 5.41) is 2.83. The lowest BCUT2D eigenvalue weighted by atomic mass is 10.1. The van der Waals surface area contributed by atoms with Crippen LogP contribution in [0.1, 0.15) is 36.5 Å². The second-order valence-electron chi connectivity index (χ2n) is 7.89. The Morgan fingerprint density at radius 1 is 1.12 bits per heavy atom. The molecule has 2 aromatic carbocycles. The third-order valence-corrected chi connectivity index (χ3v) is 8.38. The van der Waals surface area contributed by atoms with Gasteiger partial charge in [-0.2, -0.15) is 4.31 Å². The highest BCUT2D eigenvalue weighted by Gasteiger charge is 2.31. The van der Waals surface area contributed by atoms with E-state index >= 15 is 0 Å². The fraction of sp³-hybridized carbons (Fsp3) is 0.391. The lowest BCUT2D eigenvalue weighted by molar-refractivity contribution is -0.116. The summed E-state index contributed by atoms with van der Waals surface area (Å²) in [6.45, 7) is 2.32. The molecule has 0 radical (unpaired) electrons. The van der Waals surface area contributed by atoms with Crippen molar-refractivity contribution in [2.45, 2.75) is 42.0 Å². The van der Waals surface area contributed by atoms with E-state index in [0.717, 1.165) is 24.2 Å². The number of rotatable bonds is 7. The Bertz CT molecular complexity index is 1070. The van der Waals surface area contributed by atoms with E-state index in [1.165, 1.54) is 45.2 Å². The molecule has 1 atom stereocenters. The first kappa shape index (κ1) is 24.3. The molecule has 1 unspecified atom stereocenters. The van der Waals surface area contributed by atoms with Gasteiger partial charge in [0.25, 0.3) is 5.91 Å². The van der Waals surface area contributed by atoms with Gasteiger partial charge in [-0.1, -0.05) is 18.6 Å². The molecule has 1 aliphatic heterocycles. The average Bonchev–Trinajstić information content (AvgIpc) is 2.79. The molecular formula is C23H29N3O4S2. The summed E-state index contributed by atoms with van der Waals surface area (Å²) >= 11 is 1.53. The minimum absolute atomic E-state index is 0.0315. The SMILES string of the molecule is CSc1ccccc1NC(=O)CN(C)C(=O)c1ccc(S(=O)(=O)N2CCCCC2C)cc1. The van der Waals surface area contributed by atoms with Crippen LogP contribution < -0.4 is 5.32 Å². The van der Waals surface area contributed by atoms with Crippen LogP contribution in [0, 0.1) is 0 Å². The number of piperidine rings is 1. The van der Waals surface area contributed by atoms with Gasteiger partial charge in [0, 0.05) is 30.1 Å². The van der Waals surface area contributed by atoms with Gasteiger partial charge in [0.05, 0.1) is 17.1 Å². The molecule has 1 heterocycles. The van der Waals surface area contributed by atoms with Gasteiger partial charge in [-0.05, 0) is 62.4 Å². The fourth-order valence-electron chi connectivity index (χ4n) is 3.78. The second-order valence-corrected chi connectivity index (χ2v) is 10.6. The highest BCUT2D eigenvalue weighted by atomic mass is 32.2. The zero-order chi connectivity index (χ0) is 23.3. The molecule has 0 saturated carbocycles.